The van der Waals surface area contributed by atoms with Gasteiger partial charge in [-0.1, -0.05) is 6.92 Å². The van der Waals surface area contributed by atoms with Crippen molar-refractivity contribution >= 4 is 16.0 Å². The SMILES string of the molecule is CCNCC1CCN(S(=O)(=O)Nc2ccc(=O)[nH]n2)CC1. The van der Waals surface area contributed by atoms with Crippen LogP contribution in [0.25, 0.3) is 0 Å². The Morgan fingerprint density at radius 2 is 2.10 bits per heavy atom. The molecular formula is C12H21N5O3S. The highest BCUT2D eigenvalue weighted by Crippen LogP contribution is 2.19. The number of nitrogens with one attached hydrogen (secondary N) is 3. The van der Waals surface area contributed by atoms with Crippen molar-refractivity contribution in [1.29, 1.82) is 0 Å². The second-order valence-corrected chi connectivity index (χ2v) is 6.73. The number of H-pyrrole nitrogens is 1. The summed E-state index contributed by atoms with van der Waals surface area (Å²) in [6, 6.07) is 2.57. The summed E-state index contributed by atoms with van der Waals surface area (Å²) in [6.45, 7) is 4.90. The van der Waals surface area contributed by atoms with Gasteiger partial charge in [-0.05, 0) is 37.9 Å². The van der Waals surface area contributed by atoms with Crippen LogP contribution >= 0.6 is 0 Å². The zero-order chi connectivity index (χ0) is 15.3. The highest BCUT2D eigenvalue weighted by Gasteiger charge is 2.28. The number of rotatable bonds is 6. The first-order chi connectivity index (χ1) is 10.0. The van der Waals surface area contributed by atoms with Crippen LogP contribution < -0.4 is 15.6 Å². The number of anilines is 1. The van der Waals surface area contributed by atoms with E-state index in [0.29, 0.717) is 19.0 Å². The van der Waals surface area contributed by atoms with Crippen molar-refractivity contribution in [2.75, 3.05) is 30.9 Å². The highest BCUT2D eigenvalue weighted by molar-refractivity contribution is 7.90. The number of hydrogen-bond acceptors (Lipinski definition) is 5. The van der Waals surface area contributed by atoms with Gasteiger partial charge in [0.15, 0.2) is 5.82 Å². The van der Waals surface area contributed by atoms with E-state index in [0.717, 1.165) is 25.9 Å². The van der Waals surface area contributed by atoms with E-state index in [4.69, 9.17) is 0 Å². The molecule has 1 aliphatic rings. The normalized spacial score (nSPS) is 17.8. The summed E-state index contributed by atoms with van der Waals surface area (Å²) in [5.41, 5.74) is -0.373. The first kappa shape index (κ1) is 15.9. The lowest BCUT2D eigenvalue weighted by Gasteiger charge is -2.31. The standard InChI is InChI=1S/C12H21N5O3S/c1-2-13-9-10-5-7-17(8-6-10)21(19,20)16-11-3-4-12(18)15-14-11/h3-4,10,13H,2,5-9H2,1H3,(H,14,16)(H,15,18). The maximum atomic E-state index is 12.2. The molecule has 0 aliphatic carbocycles. The van der Waals surface area contributed by atoms with E-state index in [1.807, 2.05) is 0 Å². The molecule has 0 bridgehead atoms. The zero-order valence-electron chi connectivity index (χ0n) is 12.0. The van der Waals surface area contributed by atoms with Gasteiger partial charge in [0.2, 0.25) is 0 Å². The lowest BCUT2D eigenvalue weighted by molar-refractivity contribution is 0.269. The van der Waals surface area contributed by atoms with E-state index < -0.39 is 10.2 Å². The van der Waals surface area contributed by atoms with Crippen molar-refractivity contribution in [2.24, 2.45) is 5.92 Å². The third-order valence-corrected chi connectivity index (χ3v) is 5.02. The molecule has 9 heteroatoms. The average molecular weight is 315 g/mol. The van der Waals surface area contributed by atoms with Crippen LogP contribution in [0, 0.1) is 5.92 Å². The second-order valence-electron chi connectivity index (χ2n) is 5.06. The summed E-state index contributed by atoms with van der Waals surface area (Å²) < 4.78 is 28.2. The van der Waals surface area contributed by atoms with Crippen LogP contribution in [0.4, 0.5) is 5.82 Å². The fraction of sp³-hybridized carbons (Fsp3) is 0.667. The van der Waals surface area contributed by atoms with Gasteiger partial charge in [0.25, 0.3) is 5.56 Å². The Bertz CT molecular complexity index is 587. The third kappa shape index (κ3) is 4.51. The number of aromatic nitrogens is 2. The fourth-order valence-electron chi connectivity index (χ4n) is 2.30. The van der Waals surface area contributed by atoms with E-state index in [9.17, 15) is 13.2 Å². The number of piperidine rings is 1. The summed E-state index contributed by atoms with van der Waals surface area (Å²) in [4.78, 5) is 10.9. The molecule has 0 unspecified atom stereocenters. The van der Waals surface area contributed by atoms with Crippen LogP contribution in [-0.2, 0) is 10.2 Å². The average Bonchev–Trinajstić information content (AvgIpc) is 2.48. The molecule has 2 heterocycles. The largest absolute Gasteiger partial charge is 0.317 e. The Labute approximate surface area is 124 Å². The Balaban J connectivity index is 1.92. The number of aromatic amines is 1. The topological polar surface area (TPSA) is 107 Å². The lowest BCUT2D eigenvalue weighted by Crippen LogP contribution is -2.43. The summed E-state index contributed by atoms with van der Waals surface area (Å²) in [7, 11) is -3.61. The molecule has 1 aromatic heterocycles. The molecule has 0 amide bonds. The van der Waals surface area contributed by atoms with Crippen molar-refractivity contribution in [3.8, 4) is 0 Å². The summed E-state index contributed by atoms with van der Waals surface area (Å²) in [6.07, 6.45) is 1.68. The van der Waals surface area contributed by atoms with Crippen LogP contribution in [0.3, 0.4) is 0 Å². The maximum absolute atomic E-state index is 12.2. The molecule has 1 aliphatic heterocycles. The monoisotopic (exact) mass is 315 g/mol. The zero-order valence-corrected chi connectivity index (χ0v) is 12.8. The van der Waals surface area contributed by atoms with Crippen molar-refractivity contribution in [3.63, 3.8) is 0 Å². The summed E-state index contributed by atoms with van der Waals surface area (Å²) >= 11 is 0. The van der Waals surface area contributed by atoms with Crippen LogP contribution in [0.15, 0.2) is 16.9 Å². The third-order valence-electron chi connectivity index (χ3n) is 3.51. The molecule has 1 aromatic rings. The second kappa shape index (κ2) is 7.01. The molecular weight excluding hydrogens is 294 g/mol. The molecule has 0 spiro atoms. The van der Waals surface area contributed by atoms with E-state index in [-0.39, 0.29) is 11.4 Å². The highest BCUT2D eigenvalue weighted by atomic mass is 32.2. The maximum Gasteiger partial charge on any atom is 0.302 e. The van der Waals surface area contributed by atoms with Crippen molar-refractivity contribution < 1.29 is 8.42 Å². The molecule has 0 aromatic carbocycles. The Morgan fingerprint density at radius 3 is 2.67 bits per heavy atom. The van der Waals surface area contributed by atoms with Gasteiger partial charge in [-0.15, -0.1) is 0 Å². The Hall–Kier alpha value is -1.45. The van der Waals surface area contributed by atoms with Gasteiger partial charge >= 0.3 is 10.2 Å². The molecule has 8 nitrogen and oxygen atoms in total. The predicted molar refractivity (Wildman–Crippen MR) is 80.2 cm³/mol. The van der Waals surface area contributed by atoms with Gasteiger partial charge in [0.1, 0.15) is 0 Å². The minimum absolute atomic E-state index is 0.115. The van der Waals surface area contributed by atoms with Crippen molar-refractivity contribution in [3.05, 3.63) is 22.5 Å². The van der Waals surface area contributed by atoms with Gasteiger partial charge in [0, 0.05) is 19.2 Å². The Morgan fingerprint density at radius 1 is 1.38 bits per heavy atom. The molecule has 118 valence electrons. The van der Waals surface area contributed by atoms with E-state index >= 15 is 0 Å². The number of nitrogens with zero attached hydrogens (tertiary/aromatic N) is 2. The van der Waals surface area contributed by atoms with Gasteiger partial charge in [0.05, 0.1) is 0 Å². The molecule has 0 saturated carbocycles. The minimum atomic E-state index is -3.61. The first-order valence-corrected chi connectivity index (χ1v) is 8.49. The molecule has 21 heavy (non-hydrogen) atoms. The van der Waals surface area contributed by atoms with Crippen LogP contribution in [0.1, 0.15) is 19.8 Å². The van der Waals surface area contributed by atoms with E-state index in [2.05, 4.69) is 27.2 Å². The summed E-state index contributed by atoms with van der Waals surface area (Å²) in [5.74, 6) is 0.631. The molecule has 2 rings (SSSR count). The molecule has 3 N–H and O–H groups in total. The van der Waals surface area contributed by atoms with E-state index in [1.54, 1.807) is 0 Å². The fourth-order valence-corrected chi connectivity index (χ4v) is 3.50. The van der Waals surface area contributed by atoms with Crippen LogP contribution in [0.2, 0.25) is 0 Å². The first-order valence-electron chi connectivity index (χ1n) is 7.05. The molecule has 0 atom stereocenters. The van der Waals surface area contributed by atoms with Crippen LogP contribution in [-0.4, -0.2) is 49.1 Å². The molecule has 1 saturated heterocycles. The van der Waals surface area contributed by atoms with Gasteiger partial charge in [-0.25, -0.2) is 5.10 Å². The Kier molecular flexibility index (Phi) is 5.32. The molecule has 0 radical (unpaired) electrons. The van der Waals surface area contributed by atoms with Gasteiger partial charge < -0.3 is 5.32 Å². The smallest absolute Gasteiger partial charge is 0.302 e. The minimum Gasteiger partial charge on any atom is -0.317 e. The number of hydrogen-bond donors (Lipinski definition) is 3. The lowest BCUT2D eigenvalue weighted by atomic mass is 9.98. The summed E-state index contributed by atoms with van der Waals surface area (Å²) in [5, 5.41) is 9.13. The van der Waals surface area contributed by atoms with Gasteiger partial charge in [-0.2, -0.15) is 17.8 Å². The van der Waals surface area contributed by atoms with Crippen molar-refractivity contribution in [1.82, 2.24) is 19.8 Å². The predicted octanol–water partition coefficient (Wildman–Crippen LogP) is -0.252. The van der Waals surface area contributed by atoms with Gasteiger partial charge in [-0.3, -0.25) is 9.52 Å². The quantitative estimate of drug-likeness (QED) is 0.671. The van der Waals surface area contributed by atoms with E-state index in [1.165, 1.54) is 16.4 Å². The molecule has 1 fully saturated rings. The van der Waals surface area contributed by atoms with Crippen molar-refractivity contribution in [2.45, 2.75) is 19.8 Å². The van der Waals surface area contributed by atoms with Crippen LogP contribution in [0.5, 0.6) is 0 Å².